The maximum atomic E-state index is 15.3. The molecular weight excluding hydrogens is 465 g/mol. The summed E-state index contributed by atoms with van der Waals surface area (Å²) < 4.78 is 26.7. The fourth-order valence-electron chi connectivity index (χ4n) is 3.01. The van der Waals surface area contributed by atoms with Crippen molar-refractivity contribution in [1.29, 1.82) is 10.5 Å². The Hall–Kier alpha value is -4.25. The van der Waals surface area contributed by atoms with Gasteiger partial charge >= 0.3 is 5.97 Å². The summed E-state index contributed by atoms with van der Waals surface area (Å²) in [4.78, 5) is 23.6. The molecule has 0 aliphatic rings. The summed E-state index contributed by atoms with van der Waals surface area (Å²) in [6.45, 7) is 0.771. The van der Waals surface area contributed by atoms with Gasteiger partial charge < -0.3 is 15.2 Å². The predicted molar refractivity (Wildman–Crippen MR) is 119 cm³/mol. The van der Waals surface area contributed by atoms with Crippen molar-refractivity contribution in [3.05, 3.63) is 85.5 Å². The number of benzene rings is 2. The average molecular weight is 482 g/mol. The zero-order valence-electron chi connectivity index (χ0n) is 17.8. The molecular formula is C23H17ClFN5O4. The largest absolute Gasteiger partial charge is 0.453 e. The van der Waals surface area contributed by atoms with Gasteiger partial charge in [0, 0.05) is 12.0 Å². The van der Waals surface area contributed by atoms with Crippen LogP contribution < -0.4 is 16.0 Å². The van der Waals surface area contributed by atoms with Gasteiger partial charge in [-0.1, -0.05) is 17.7 Å². The number of nitrogens with zero attached hydrogens (tertiary/aromatic N) is 4. The van der Waals surface area contributed by atoms with Crippen LogP contribution in [0.5, 0.6) is 11.5 Å². The van der Waals surface area contributed by atoms with Crippen LogP contribution in [-0.4, -0.2) is 22.3 Å². The van der Waals surface area contributed by atoms with Crippen LogP contribution >= 0.6 is 11.6 Å². The highest BCUT2D eigenvalue weighted by atomic mass is 35.5. The highest BCUT2D eigenvalue weighted by Crippen LogP contribution is 2.35. The molecule has 1 heterocycles. The van der Waals surface area contributed by atoms with Gasteiger partial charge in [0.1, 0.15) is 5.75 Å². The Kier molecular flexibility index (Phi) is 7.59. The standard InChI is InChI=1S/C23H17ClFN5O4/c1-13-4-17(29-30(23(13)32)12-33-20(31)11-28)8-16-2-3-19(24)22(21(16)25)34-18-6-14(9-26)5-15(7-18)10-27/h2-7H,8,11-12,28H2,1H3. The Balaban J connectivity index is 1.94. The molecule has 3 aromatic rings. The van der Waals surface area contributed by atoms with Crippen molar-refractivity contribution in [3.8, 4) is 23.6 Å². The number of carbonyl (C=O) groups is 1. The molecule has 9 nitrogen and oxygen atoms in total. The first kappa shape index (κ1) is 24.4. The van der Waals surface area contributed by atoms with Gasteiger partial charge in [0.15, 0.2) is 18.3 Å². The summed E-state index contributed by atoms with van der Waals surface area (Å²) in [7, 11) is 0. The van der Waals surface area contributed by atoms with E-state index < -0.39 is 24.1 Å². The van der Waals surface area contributed by atoms with Gasteiger partial charge in [-0.25, -0.2) is 4.39 Å². The number of nitrogens with two attached hydrogens (primary N) is 1. The van der Waals surface area contributed by atoms with Gasteiger partial charge in [0.25, 0.3) is 5.56 Å². The van der Waals surface area contributed by atoms with E-state index in [2.05, 4.69) is 5.10 Å². The second-order valence-corrected chi connectivity index (χ2v) is 7.48. The van der Waals surface area contributed by atoms with E-state index >= 15 is 4.39 Å². The average Bonchev–Trinajstić information content (AvgIpc) is 2.84. The van der Waals surface area contributed by atoms with Crippen molar-refractivity contribution >= 4 is 17.6 Å². The Morgan fingerprint density at radius 2 is 1.88 bits per heavy atom. The molecule has 172 valence electrons. The van der Waals surface area contributed by atoms with Crippen LogP contribution in [0.25, 0.3) is 0 Å². The number of ether oxygens (including phenoxy) is 2. The van der Waals surface area contributed by atoms with Crippen LogP contribution in [0.2, 0.25) is 5.02 Å². The number of hydrogen-bond acceptors (Lipinski definition) is 8. The maximum Gasteiger partial charge on any atom is 0.321 e. The number of rotatable bonds is 7. The van der Waals surface area contributed by atoms with E-state index in [4.69, 9.17) is 37.3 Å². The molecule has 0 aliphatic carbocycles. The zero-order chi connectivity index (χ0) is 24.8. The molecule has 34 heavy (non-hydrogen) atoms. The highest BCUT2D eigenvalue weighted by molar-refractivity contribution is 6.32. The molecule has 0 unspecified atom stereocenters. The molecule has 1 aromatic heterocycles. The normalized spacial score (nSPS) is 10.3. The SMILES string of the molecule is Cc1cc(Cc2ccc(Cl)c(Oc3cc(C#N)cc(C#N)c3)c2F)nn(COC(=O)CN)c1=O. The van der Waals surface area contributed by atoms with E-state index in [1.807, 2.05) is 12.1 Å². The molecule has 2 N–H and O–H groups in total. The first-order valence-electron chi connectivity index (χ1n) is 9.79. The second-order valence-electron chi connectivity index (χ2n) is 7.07. The van der Waals surface area contributed by atoms with Crippen LogP contribution in [0.4, 0.5) is 4.39 Å². The number of nitriles is 2. The van der Waals surface area contributed by atoms with Gasteiger partial charge in [-0.2, -0.15) is 20.3 Å². The smallest absolute Gasteiger partial charge is 0.321 e. The molecule has 0 aliphatic heterocycles. The zero-order valence-corrected chi connectivity index (χ0v) is 18.6. The van der Waals surface area contributed by atoms with Crippen LogP contribution in [0, 0.1) is 35.4 Å². The lowest BCUT2D eigenvalue weighted by atomic mass is 10.1. The van der Waals surface area contributed by atoms with Crippen LogP contribution in [0.1, 0.15) is 27.9 Å². The van der Waals surface area contributed by atoms with Gasteiger partial charge in [0.2, 0.25) is 0 Å². The minimum Gasteiger partial charge on any atom is -0.453 e. The highest BCUT2D eigenvalue weighted by Gasteiger charge is 2.17. The van der Waals surface area contributed by atoms with E-state index in [0.717, 1.165) is 4.68 Å². The Morgan fingerprint density at radius 3 is 2.50 bits per heavy atom. The molecule has 0 saturated carbocycles. The number of aromatic nitrogens is 2. The first-order chi connectivity index (χ1) is 16.2. The van der Waals surface area contributed by atoms with Gasteiger partial charge in [0.05, 0.1) is 40.5 Å². The van der Waals surface area contributed by atoms with Gasteiger partial charge in [-0.15, -0.1) is 0 Å². The van der Waals surface area contributed by atoms with E-state index in [9.17, 15) is 9.59 Å². The maximum absolute atomic E-state index is 15.3. The lowest BCUT2D eigenvalue weighted by molar-refractivity contribution is -0.146. The molecule has 0 saturated heterocycles. The summed E-state index contributed by atoms with van der Waals surface area (Å²) in [5, 5.41) is 22.4. The molecule has 0 radical (unpaired) electrons. The lowest BCUT2D eigenvalue weighted by Crippen LogP contribution is -2.29. The number of aryl methyl sites for hydroxylation is 1. The van der Waals surface area contributed by atoms with E-state index in [-0.39, 0.29) is 46.2 Å². The van der Waals surface area contributed by atoms with E-state index in [1.54, 1.807) is 6.92 Å². The molecule has 0 amide bonds. The van der Waals surface area contributed by atoms with Gasteiger partial charge in [-0.3, -0.25) is 9.59 Å². The Labute approximate surface area is 198 Å². The quantitative estimate of drug-likeness (QED) is 0.507. The van der Waals surface area contributed by atoms with Crippen molar-refractivity contribution in [2.24, 2.45) is 5.73 Å². The van der Waals surface area contributed by atoms with Crippen LogP contribution in [-0.2, 0) is 22.7 Å². The summed E-state index contributed by atoms with van der Waals surface area (Å²) in [5.41, 5.74) is 5.85. The molecule has 0 atom stereocenters. The fraction of sp³-hybridized carbons (Fsp3) is 0.174. The number of esters is 1. The predicted octanol–water partition coefficient (Wildman–Crippen LogP) is 2.93. The van der Waals surface area contributed by atoms with Crippen molar-refractivity contribution in [3.63, 3.8) is 0 Å². The second kappa shape index (κ2) is 10.6. The summed E-state index contributed by atoms with van der Waals surface area (Å²) in [6.07, 6.45) is -0.0347. The number of carbonyl (C=O) groups excluding carboxylic acids is 1. The third-order valence-corrected chi connectivity index (χ3v) is 4.90. The molecule has 0 bridgehead atoms. The van der Waals surface area contributed by atoms with Gasteiger partial charge in [-0.05, 0) is 42.8 Å². The topological polar surface area (TPSA) is 144 Å². The molecule has 3 rings (SSSR count). The Morgan fingerprint density at radius 1 is 1.21 bits per heavy atom. The third-order valence-electron chi connectivity index (χ3n) is 4.60. The monoisotopic (exact) mass is 481 g/mol. The fourth-order valence-corrected chi connectivity index (χ4v) is 3.20. The summed E-state index contributed by atoms with van der Waals surface area (Å²) in [5.74, 6) is -1.71. The molecule has 0 fully saturated rings. The summed E-state index contributed by atoms with van der Waals surface area (Å²) >= 11 is 6.14. The van der Waals surface area contributed by atoms with Crippen molar-refractivity contribution in [1.82, 2.24) is 9.78 Å². The van der Waals surface area contributed by atoms with Crippen LogP contribution in [0.3, 0.4) is 0 Å². The summed E-state index contributed by atoms with van der Waals surface area (Å²) in [6, 6.07) is 12.3. The van der Waals surface area contributed by atoms with Crippen molar-refractivity contribution in [2.75, 3.05) is 6.54 Å². The minimum absolute atomic E-state index is 0.0232. The lowest BCUT2D eigenvalue weighted by Gasteiger charge is -2.13. The first-order valence-corrected chi connectivity index (χ1v) is 10.2. The van der Waals surface area contributed by atoms with Crippen molar-refractivity contribution in [2.45, 2.75) is 20.1 Å². The minimum atomic E-state index is -0.778. The number of halogens is 2. The van der Waals surface area contributed by atoms with E-state index in [0.29, 0.717) is 11.3 Å². The van der Waals surface area contributed by atoms with E-state index in [1.165, 1.54) is 36.4 Å². The Bertz CT molecular complexity index is 1380. The molecule has 11 heteroatoms. The molecule has 0 spiro atoms. The number of hydrogen-bond donors (Lipinski definition) is 1. The molecule has 2 aromatic carbocycles. The van der Waals surface area contributed by atoms with Crippen LogP contribution in [0.15, 0.2) is 41.2 Å². The third kappa shape index (κ3) is 5.56. The van der Waals surface area contributed by atoms with Crippen molar-refractivity contribution < 1.29 is 18.7 Å².